The lowest BCUT2D eigenvalue weighted by Gasteiger charge is -2.40. The number of carbonyl (C=O) groups excluding carboxylic acids is 1. The van der Waals surface area contributed by atoms with E-state index in [-0.39, 0.29) is 12.4 Å². The average Bonchev–Trinajstić information content (AvgIpc) is 3.19. The third-order valence-electron chi connectivity index (χ3n) is 5.58. The Balaban J connectivity index is 1.48. The average molecular weight is 464 g/mol. The molecule has 2 aliphatic heterocycles. The van der Waals surface area contributed by atoms with E-state index in [4.69, 9.17) is 28.0 Å². The number of hydrazine groups is 1. The zero-order valence-electron chi connectivity index (χ0n) is 17.3. The van der Waals surface area contributed by atoms with Gasteiger partial charge in [0.15, 0.2) is 5.78 Å². The van der Waals surface area contributed by atoms with Crippen molar-refractivity contribution in [2.45, 2.75) is 20.1 Å². The predicted molar refractivity (Wildman–Crippen MR) is 120 cm³/mol. The van der Waals surface area contributed by atoms with Crippen LogP contribution in [0.5, 0.6) is 0 Å². The summed E-state index contributed by atoms with van der Waals surface area (Å²) in [6.45, 7) is 5.15. The molecule has 1 saturated heterocycles. The third kappa shape index (κ3) is 4.94. The highest BCUT2D eigenvalue weighted by atomic mass is 35.5. The van der Waals surface area contributed by atoms with E-state index in [1.165, 1.54) is 6.92 Å². The van der Waals surface area contributed by atoms with Gasteiger partial charge in [-0.3, -0.25) is 14.5 Å². The van der Waals surface area contributed by atoms with Gasteiger partial charge in [-0.25, -0.2) is 4.39 Å². The van der Waals surface area contributed by atoms with Crippen molar-refractivity contribution in [3.63, 3.8) is 0 Å². The van der Waals surface area contributed by atoms with Gasteiger partial charge in [-0.2, -0.15) is 10.2 Å². The summed E-state index contributed by atoms with van der Waals surface area (Å²) in [7, 11) is 0. The molecule has 0 spiro atoms. The number of alkyl halides is 1. The van der Waals surface area contributed by atoms with Crippen molar-refractivity contribution in [1.29, 1.82) is 0 Å². The van der Waals surface area contributed by atoms with Crippen molar-refractivity contribution in [2.75, 3.05) is 32.8 Å². The Morgan fingerprint density at radius 1 is 1.06 bits per heavy atom. The van der Waals surface area contributed by atoms with Gasteiger partial charge >= 0.3 is 0 Å². The number of carbonyl (C=O) groups is 1. The van der Waals surface area contributed by atoms with Crippen LogP contribution in [0, 0.1) is 0 Å². The molecule has 0 N–H and O–H groups in total. The second kappa shape index (κ2) is 9.67. The standard InChI is InChI=1S/C23H24Cl2FN3O2/c1-16(30)21-15-31-29(23(21)20-6-5-19(24)12-22(20)25)28-9-7-27(8-10-28)14-18-4-2-3-17(11-18)13-26/h2-6,11-12H,7-10,13-15H2,1H3. The molecule has 0 amide bonds. The van der Waals surface area contributed by atoms with E-state index in [2.05, 4.69) is 9.91 Å². The van der Waals surface area contributed by atoms with Crippen molar-refractivity contribution in [3.8, 4) is 0 Å². The van der Waals surface area contributed by atoms with E-state index in [1.54, 1.807) is 23.4 Å². The molecular formula is C23H24Cl2FN3O2. The van der Waals surface area contributed by atoms with E-state index in [9.17, 15) is 9.18 Å². The Morgan fingerprint density at radius 2 is 1.81 bits per heavy atom. The van der Waals surface area contributed by atoms with Crippen LogP contribution in [-0.2, 0) is 22.9 Å². The smallest absolute Gasteiger partial charge is 0.160 e. The molecule has 1 fully saturated rings. The van der Waals surface area contributed by atoms with Crippen LogP contribution in [0.4, 0.5) is 4.39 Å². The van der Waals surface area contributed by atoms with E-state index >= 15 is 0 Å². The molecule has 0 saturated carbocycles. The maximum Gasteiger partial charge on any atom is 0.160 e. The molecule has 2 aliphatic rings. The SMILES string of the molecule is CC(=O)C1=C(c2ccc(Cl)cc2Cl)N(N2CCN(Cc3cccc(CF)c3)CC2)OC1. The fourth-order valence-electron chi connectivity index (χ4n) is 3.96. The zero-order chi connectivity index (χ0) is 22.0. The minimum absolute atomic E-state index is 0.0464. The molecule has 2 heterocycles. The minimum Gasteiger partial charge on any atom is -0.296 e. The van der Waals surface area contributed by atoms with Crippen LogP contribution in [0.3, 0.4) is 0 Å². The van der Waals surface area contributed by atoms with E-state index < -0.39 is 6.67 Å². The summed E-state index contributed by atoms with van der Waals surface area (Å²) in [5, 5.41) is 4.82. The number of Topliss-reactive ketones (excluding diaryl/α,β-unsaturated/α-hetero) is 1. The number of hydroxylamine groups is 1. The maximum atomic E-state index is 12.9. The molecule has 0 aliphatic carbocycles. The summed E-state index contributed by atoms with van der Waals surface area (Å²) in [5.41, 5.74) is 3.80. The molecule has 31 heavy (non-hydrogen) atoms. The van der Waals surface area contributed by atoms with Crippen LogP contribution in [0.25, 0.3) is 5.70 Å². The first-order valence-corrected chi connectivity index (χ1v) is 11.0. The van der Waals surface area contributed by atoms with Gasteiger partial charge in [0, 0.05) is 43.3 Å². The first-order valence-electron chi connectivity index (χ1n) is 10.2. The van der Waals surface area contributed by atoms with Crippen LogP contribution in [-0.4, -0.2) is 53.7 Å². The van der Waals surface area contributed by atoms with Gasteiger partial charge in [0.2, 0.25) is 0 Å². The van der Waals surface area contributed by atoms with Crippen molar-refractivity contribution >= 4 is 34.7 Å². The highest BCUT2D eigenvalue weighted by molar-refractivity contribution is 6.35. The molecule has 0 aromatic heterocycles. The van der Waals surface area contributed by atoms with E-state index in [0.717, 1.165) is 43.9 Å². The Kier molecular flexibility index (Phi) is 6.94. The zero-order valence-corrected chi connectivity index (χ0v) is 18.8. The van der Waals surface area contributed by atoms with Gasteiger partial charge in [0.1, 0.15) is 19.0 Å². The van der Waals surface area contributed by atoms with Crippen LogP contribution in [0.15, 0.2) is 48.0 Å². The normalized spacial score (nSPS) is 18.1. The van der Waals surface area contributed by atoms with Crippen molar-refractivity contribution in [2.24, 2.45) is 0 Å². The highest BCUT2D eigenvalue weighted by Gasteiger charge is 2.34. The number of hydrogen-bond acceptors (Lipinski definition) is 5. The van der Waals surface area contributed by atoms with Gasteiger partial charge in [0.25, 0.3) is 0 Å². The van der Waals surface area contributed by atoms with Crippen LogP contribution >= 0.6 is 23.2 Å². The topological polar surface area (TPSA) is 36.0 Å². The molecule has 0 bridgehead atoms. The molecule has 2 aromatic rings. The summed E-state index contributed by atoms with van der Waals surface area (Å²) in [6, 6.07) is 12.9. The summed E-state index contributed by atoms with van der Waals surface area (Å²) in [4.78, 5) is 20.5. The van der Waals surface area contributed by atoms with Gasteiger partial charge in [-0.1, -0.05) is 47.5 Å². The minimum atomic E-state index is -0.450. The summed E-state index contributed by atoms with van der Waals surface area (Å²) < 4.78 is 12.9. The predicted octanol–water partition coefficient (Wildman–Crippen LogP) is 4.74. The lowest BCUT2D eigenvalue weighted by Crippen LogP contribution is -2.51. The first-order chi connectivity index (χ1) is 15.0. The van der Waals surface area contributed by atoms with E-state index in [0.29, 0.717) is 26.9 Å². The second-order valence-electron chi connectivity index (χ2n) is 7.74. The third-order valence-corrected chi connectivity index (χ3v) is 6.12. The van der Waals surface area contributed by atoms with Gasteiger partial charge in [0.05, 0.1) is 10.6 Å². The molecule has 5 nitrogen and oxygen atoms in total. The van der Waals surface area contributed by atoms with Gasteiger partial charge < -0.3 is 0 Å². The summed E-state index contributed by atoms with van der Waals surface area (Å²) >= 11 is 12.5. The number of hydrogen-bond donors (Lipinski definition) is 0. The fourth-order valence-corrected chi connectivity index (χ4v) is 4.46. The summed E-state index contributed by atoms with van der Waals surface area (Å²) in [5.74, 6) is -0.0464. The molecule has 0 unspecified atom stereocenters. The number of nitrogens with zero attached hydrogens (tertiary/aromatic N) is 3. The number of benzene rings is 2. The number of ketones is 1. The molecule has 2 aromatic carbocycles. The van der Waals surface area contributed by atoms with Crippen LogP contribution in [0.1, 0.15) is 23.6 Å². The largest absolute Gasteiger partial charge is 0.296 e. The highest BCUT2D eigenvalue weighted by Crippen LogP contribution is 2.36. The van der Waals surface area contributed by atoms with E-state index in [1.807, 2.05) is 24.3 Å². The molecule has 4 rings (SSSR count). The molecule has 164 valence electrons. The van der Waals surface area contributed by atoms with Crippen LogP contribution < -0.4 is 0 Å². The lowest BCUT2D eigenvalue weighted by molar-refractivity contribution is -0.230. The lowest BCUT2D eigenvalue weighted by atomic mass is 10.0. The van der Waals surface area contributed by atoms with Gasteiger partial charge in [-0.15, -0.1) is 0 Å². The molecular weight excluding hydrogens is 440 g/mol. The van der Waals surface area contributed by atoms with Gasteiger partial charge in [-0.05, 0) is 36.2 Å². The number of piperazine rings is 1. The molecule has 0 radical (unpaired) electrons. The quantitative estimate of drug-likeness (QED) is 0.617. The Bertz CT molecular complexity index is 1010. The monoisotopic (exact) mass is 463 g/mol. The maximum absolute atomic E-state index is 12.9. The second-order valence-corrected chi connectivity index (χ2v) is 8.58. The molecule has 0 atom stereocenters. The van der Waals surface area contributed by atoms with Crippen LogP contribution in [0.2, 0.25) is 10.0 Å². The fraction of sp³-hybridized carbons (Fsp3) is 0.348. The Hall–Kier alpha value is -1.96. The summed E-state index contributed by atoms with van der Waals surface area (Å²) in [6.07, 6.45) is 0. The van der Waals surface area contributed by atoms with Crippen molar-refractivity contribution < 1.29 is 14.0 Å². The molecule has 8 heteroatoms. The first kappa shape index (κ1) is 22.2. The Morgan fingerprint density at radius 3 is 2.48 bits per heavy atom. The number of halogens is 3. The van der Waals surface area contributed by atoms with Crippen molar-refractivity contribution in [1.82, 2.24) is 15.1 Å². The Labute approximate surface area is 191 Å². The van der Waals surface area contributed by atoms with Crippen molar-refractivity contribution in [3.05, 3.63) is 74.8 Å². The number of rotatable bonds is 6.